The molecule has 0 spiro atoms. The van der Waals surface area contributed by atoms with Crippen molar-refractivity contribution in [2.24, 2.45) is 5.92 Å². The van der Waals surface area contributed by atoms with E-state index in [-0.39, 0.29) is 23.8 Å². The Bertz CT molecular complexity index is 674. The topological polar surface area (TPSA) is 58.6 Å². The van der Waals surface area contributed by atoms with Gasteiger partial charge in [-0.3, -0.25) is 9.59 Å². The van der Waals surface area contributed by atoms with Gasteiger partial charge in [-0.15, -0.1) is 0 Å². The van der Waals surface area contributed by atoms with E-state index in [9.17, 15) is 9.59 Å². The molecule has 0 bridgehead atoms. The molecule has 28 heavy (non-hydrogen) atoms. The molecule has 2 saturated heterocycles. The number of amides is 2. The first-order valence-corrected chi connectivity index (χ1v) is 10.7. The van der Waals surface area contributed by atoms with E-state index >= 15 is 0 Å². The number of nitrogens with one attached hydrogen (secondary N) is 1. The maximum Gasteiger partial charge on any atom is 0.251 e. The van der Waals surface area contributed by atoms with Crippen LogP contribution in [0.25, 0.3) is 0 Å². The Morgan fingerprint density at radius 3 is 2.14 bits per heavy atom. The molecule has 1 unspecified atom stereocenters. The third-order valence-corrected chi connectivity index (χ3v) is 6.00. The second kappa shape index (κ2) is 9.08. The summed E-state index contributed by atoms with van der Waals surface area (Å²) < 4.78 is 5.52. The van der Waals surface area contributed by atoms with Crippen molar-refractivity contribution < 1.29 is 14.3 Å². The average Bonchev–Trinajstić information content (AvgIpc) is 3.22. The van der Waals surface area contributed by atoms with Gasteiger partial charge in [0, 0.05) is 31.3 Å². The summed E-state index contributed by atoms with van der Waals surface area (Å²) in [6.45, 7) is 10.6. The molecule has 0 radical (unpaired) electrons. The fraction of sp³-hybridized carbons (Fsp3) is 0.652. The third kappa shape index (κ3) is 4.57. The number of para-hydroxylation sites is 1. The molecule has 5 nitrogen and oxygen atoms in total. The Kier molecular flexibility index (Phi) is 6.76. The molecule has 2 aliphatic heterocycles. The van der Waals surface area contributed by atoms with E-state index < -0.39 is 0 Å². The summed E-state index contributed by atoms with van der Waals surface area (Å²) in [5, 5.41) is 3.24. The highest BCUT2D eigenvalue weighted by Gasteiger charge is 2.33. The summed E-state index contributed by atoms with van der Waals surface area (Å²) in [7, 11) is 0. The summed E-state index contributed by atoms with van der Waals surface area (Å²) >= 11 is 0. The van der Waals surface area contributed by atoms with Crippen LogP contribution in [-0.4, -0.2) is 42.5 Å². The van der Waals surface area contributed by atoms with E-state index in [0.29, 0.717) is 44.4 Å². The van der Waals surface area contributed by atoms with E-state index in [1.807, 2.05) is 4.90 Å². The minimum Gasteiger partial charge on any atom is -0.368 e. The van der Waals surface area contributed by atoms with E-state index in [2.05, 4.69) is 51.2 Å². The SMILES string of the molecule is CC(C)c1cccc(C(C)C)c1NC(=O)C1CCN(C(=O)C2CCCO2)CC1. The molecule has 3 rings (SSSR count). The van der Waals surface area contributed by atoms with Crippen LogP contribution in [0.3, 0.4) is 0 Å². The van der Waals surface area contributed by atoms with Gasteiger partial charge in [0.25, 0.3) is 5.91 Å². The van der Waals surface area contributed by atoms with Crippen molar-refractivity contribution in [3.05, 3.63) is 29.3 Å². The zero-order valence-electron chi connectivity index (χ0n) is 17.7. The third-order valence-electron chi connectivity index (χ3n) is 6.00. The minimum atomic E-state index is -0.267. The van der Waals surface area contributed by atoms with Crippen LogP contribution in [0.1, 0.15) is 76.3 Å². The largest absolute Gasteiger partial charge is 0.368 e. The van der Waals surface area contributed by atoms with Gasteiger partial charge in [-0.2, -0.15) is 0 Å². The molecule has 0 aliphatic carbocycles. The lowest BCUT2D eigenvalue weighted by molar-refractivity contribution is -0.143. The molecule has 2 aliphatic rings. The molecule has 2 heterocycles. The maximum absolute atomic E-state index is 13.0. The number of likely N-dealkylation sites (tertiary alicyclic amines) is 1. The Hall–Kier alpha value is -1.88. The van der Waals surface area contributed by atoms with Crippen molar-refractivity contribution in [3.8, 4) is 0 Å². The van der Waals surface area contributed by atoms with Crippen LogP contribution in [-0.2, 0) is 14.3 Å². The number of benzene rings is 1. The van der Waals surface area contributed by atoms with Gasteiger partial charge >= 0.3 is 0 Å². The maximum atomic E-state index is 13.0. The second-order valence-corrected chi connectivity index (χ2v) is 8.71. The van der Waals surface area contributed by atoms with Crippen LogP contribution in [0.2, 0.25) is 0 Å². The number of nitrogens with zero attached hydrogens (tertiary/aromatic N) is 1. The van der Waals surface area contributed by atoms with Gasteiger partial charge in [0.05, 0.1) is 0 Å². The van der Waals surface area contributed by atoms with Crippen molar-refractivity contribution in [1.29, 1.82) is 0 Å². The lowest BCUT2D eigenvalue weighted by atomic mass is 9.91. The first-order valence-electron chi connectivity index (χ1n) is 10.7. The van der Waals surface area contributed by atoms with E-state index in [0.717, 1.165) is 18.5 Å². The molecule has 5 heteroatoms. The van der Waals surface area contributed by atoms with Gasteiger partial charge in [-0.1, -0.05) is 45.9 Å². The molecule has 0 aromatic heterocycles. The van der Waals surface area contributed by atoms with E-state index in [4.69, 9.17) is 4.74 Å². The fourth-order valence-corrected chi connectivity index (χ4v) is 4.26. The Balaban J connectivity index is 1.64. The highest BCUT2D eigenvalue weighted by Crippen LogP contribution is 2.33. The number of hydrogen-bond donors (Lipinski definition) is 1. The first kappa shape index (κ1) is 20.8. The molecular formula is C23H34N2O3. The number of piperidine rings is 1. The molecule has 1 atom stereocenters. The normalized spacial score (nSPS) is 20.8. The van der Waals surface area contributed by atoms with Crippen LogP contribution >= 0.6 is 0 Å². The summed E-state index contributed by atoms with van der Waals surface area (Å²) in [6, 6.07) is 6.29. The Labute approximate surface area is 168 Å². The van der Waals surface area contributed by atoms with E-state index in [1.54, 1.807) is 0 Å². The van der Waals surface area contributed by atoms with Crippen LogP contribution in [0.15, 0.2) is 18.2 Å². The number of carbonyl (C=O) groups excluding carboxylic acids is 2. The molecule has 0 saturated carbocycles. The number of hydrogen-bond acceptors (Lipinski definition) is 3. The van der Waals surface area contributed by atoms with Crippen LogP contribution in [0, 0.1) is 5.92 Å². The minimum absolute atomic E-state index is 0.0474. The van der Waals surface area contributed by atoms with Gasteiger partial charge in [0.1, 0.15) is 6.10 Å². The molecule has 154 valence electrons. The number of carbonyl (C=O) groups is 2. The predicted molar refractivity (Wildman–Crippen MR) is 112 cm³/mol. The molecule has 1 aromatic rings. The van der Waals surface area contributed by atoms with Crippen molar-refractivity contribution in [2.45, 2.75) is 71.3 Å². The second-order valence-electron chi connectivity index (χ2n) is 8.71. The molecule has 1 N–H and O–H groups in total. The van der Waals surface area contributed by atoms with Gasteiger partial charge in [-0.25, -0.2) is 0 Å². The summed E-state index contributed by atoms with van der Waals surface area (Å²) in [5.74, 6) is 0.830. The van der Waals surface area contributed by atoms with Crippen LogP contribution in [0.4, 0.5) is 5.69 Å². The van der Waals surface area contributed by atoms with Crippen molar-refractivity contribution in [1.82, 2.24) is 4.90 Å². The first-order chi connectivity index (χ1) is 13.4. The van der Waals surface area contributed by atoms with Crippen LogP contribution < -0.4 is 5.32 Å². The predicted octanol–water partition coefficient (Wildman–Crippen LogP) is 4.29. The fourth-order valence-electron chi connectivity index (χ4n) is 4.26. The molecule has 2 fully saturated rings. The average molecular weight is 387 g/mol. The van der Waals surface area contributed by atoms with Crippen molar-refractivity contribution >= 4 is 17.5 Å². The molecular weight excluding hydrogens is 352 g/mol. The van der Waals surface area contributed by atoms with Crippen molar-refractivity contribution in [3.63, 3.8) is 0 Å². The number of anilines is 1. The van der Waals surface area contributed by atoms with Gasteiger partial charge < -0.3 is 15.0 Å². The highest BCUT2D eigenvalue weighted by atomic mass is 16.5. The summed E-state index contributed by atoms with van der Waals surface area (Å²) in [4.78, 5) is 27.4. The van der Waals surface area contributed by atoms with Crippen molar-refractivity contribution in [2.75, 3.05) is 25.0 Å². The molecule has 2 amide bonds. The smallest absolute Gasteiger partial charge is 0.251 e. The van der Waals surface area contributed by atoms with Gasteiger partial charge in [0.15, 0.2) is 0 Å². The Morgan fingerprint density at radius 2 is 1.64 bits per heavy atom. The lowest BCUT2D eigenvalue weighted by Crippen LogP contribution is -2.45. The highest BCUT2D eigenvalue weighted by molar-refractivity contribution is 5.94. The van der Waals surface area contributed by atoms with E-state index in [1.165, 1.54) is 11.1 Å². The zero-order valence-corrected chi connectivity index (χ0v) is 17.7. The number of ether oxygens (including phenoxy) is 1. The van der Waals surface area contributed by atoms with Gasteiger partial charge in [-0.05, 0) is 48.6 Å². The monoisotopic (exact) mass is 386 g/mol. The lowest BCUT2D eigenvalue weighted by Gasteiger charge is -2.33. The quantitative estimate of drug-likeness (QED) is 0.821. The zero-order chi connectivity index (χ0) is 20.3. The summed E-state index contributed by atoms with van der Waals surface area (Å²) in [5.41, 5.74) is 3.35. The summed E-state index contributed by atoms with van der Waals surface area (Å²) in [6.07, 6.45) is 2.94. The standard InChI is InChI=1S/C23H34N2O3/c1-15(2)18-7-5-8-19(16(3)4)21(18)24-22(26)17-10-12-25(13-11-17)23(27)20-9-6-14-28-20/h5,7-8,15-17,20H,6,9-14H2,1-4H3,(H,24,26). The Morgan fingerprint density at radius 1 is 1.04 bits per heavy atom. The number of rotatable bonds is 5. The van der Waals surface area contributed by atoms with Crippen LogP contribution in [0.5, 0.6) is 0 Å². The molecule has 1 aromatic carbocycles. The van der Waals surface area contributed by atoms with Gasteiger partial charge in [0.2, 0.25) is 5.91 Å².